The summed E-state index contributed by atoms with van der Waals surface area (Å²) < 4.78 is 0. The first kappa shape index (κ1) is 18.7. The highest BCUT2D eigenvalue weighted by molar-refractivity contribution is 5.94. The van der Waals surface area contributed by atoms with E-state index in [2.05, 4.69) is 13.8 Å². The first-order chi connectivity index (χ1) is 12.4. The van der Waals surface area contributed by atoms with Gasteiger partial charge >= 0.3 is 0 Å². The van der Waals surface area contributed by atoms with Gasteiger partial charge < -0.3 is 14.9 Å². The van der Waals surface area contributed by atoms with Crippen molar-refractivity contribution in [2.45, 2.75) is 46.0 Å². The van der Waals surface area contributed by atoms with Gasteiger partial charge in [-0.15, -0.1) is 0 Å². The van der Waals surface area contributed by atoms with E-state index >= 15 is 0 Å². The van der Waals surface area contributed by atoms with Gasteiger partial charge in [0.05, 0.1) is 0 Å². The molecule has 2 heterocycles. The Hall–Kier alpha value is -2.04. The number of amides is 2. The van der Waals surface area contributed by atoms with E-state index in [0.29, 0.717) is 17.9 Å². The van der Waals surface area contributed by atoms with Gasteiger partial charge in [-0.2, -0.15) is 0 Å². The van der Waals surface area contributed by atoms with Crippen LogP contribution in [-0.4, -0.2) is 52.9 Å². The van der Waals surface area contributed by atoms with Crippen LogP contribution in [0.5, 0.6) is 5.75 Å². The lowest BCUT2D eigenvalue weighted by Crippen LogP contribution is -2.55. The number of aromatic hydroxyl groups is 1. The normalized spacial score (nSPS) is 23.7. The maximum Gasteiger partial charge on any atom is 0.253 e. The van der Waals surface area contributed by atoms with Gasteiger partial charge in [-0.05, 0) is 55.9 Å². The summed E-state index contributed by atoms with van der Waals surface area (Å²) in [4.78, 5) is 29.1. The molecule has 0 saturated carbocycles. The van der Waals surface area contributed by atoms with Crippen molar-refractivity contribution in [2.24, 2.45) is 11.3 Å². The lowest BCUT2D eigenvalue weighted by atomic mass is 9.73. The van der Waals surface area contributed by atoms with Crippen LogP contribution in [-0.2, 0) is 4.79 Å². The molecule has 3 rings (SSSR count). The minimum absolute atomic E-state index is 0.0229. The highest BCUT2D eigenvalue weighted by Crippen LogP contribution is 2.39. The Balaban J connectivity index is 1.69. The Morgan fingerprint density at radius 3 is 2.62 bits per heavy atom. The molecule has 1 spiro atoms. The molecule has 0 aliphatic carbocycles. The Morgan fingerprint density at radius 2 is 1.92 bits per heavy atom. The number of benzene rings is 1. The average Bonchev–Trinajstić information content (AvgIpc) is 2.63. The van der Waals surface area contributed by atoms with Gasteiger partial charge in [0.25, 0.3) is 5.91 Å². The van der Waals surface area contributed by atoms with Crippen LogP contribution < -0.4 is 0 Å². The quantitative estimate of drug-likeness (QED) is 0.898. The number of carbonyl (C=O) groups is 2. The molecule has 2 amide bonds. The number of carbonyl (C=O) groups excluding carboxylic acids is 2. The molecule has 1 atom stereocenters. The Morgan fingerprint density at radius 1 is 1.19 bits per heavy atom. The highest BCUT2D eigenvalue weighted by Gasteiger charge is 2.42. The molecule has 2 fully saturated rings. The monoisotopic (exact) mass is 358 g/mol. The third kappa shape index (κ3) is 4.19. The number of phenolic OH excluding ortho intramolecular Hbond substituents is 1. The maximum atomic E-state index is 12.9. The third-order valence-electron chi connectivity index (χ3n) is 5.79. The summed E-state index contributed by atoms with van der Waals surface area (Å²) in [5.41, 5.74) is 0.652. The highest BCUT2D eigenvalue weighted by atomic mass is 16.3. The first-order valence-electron chi connectivity index (χ1n) is 9.75. The molecule has 1 aromatic carbocycles. The fourth-order valence-corrected chi connectivity index (χ4v) is 4.22. The van der Waals surface area contributed by atoms with Crippen LogP contribution in [0.15, 0.2) is 24.3 Å². The van der Waals surface area contributed by atoms with Gasteiger partial charge in [-0.25, -0.2) is 0 Å². The van der Waals surface area contributed by atoms with Crippen LogP contribution in [0.3, 0.4) is 0 Å². The van der Waals surface area contributed by atoms with Crippen molar-refractivity contribution in [3.8, 4) is 5.75 Å². The van der Waals surface area contributed by atoms with Crippen molar-refractivity contribution in [2.75, 3.05) is 26.2 Å². The number of hydrogen-bond acceptors (Lipinski definition) is 3. The summed E-state index contributed by atoms with van der Waals surface area (Å²) in [5, 5.41) is 9.43. The molecule has 5 heteroatoms. The van der Waals surface area contributed by atoms with Crippen molar-refractivity contribution >= 4 is 11.8 Å². The van der Waals surface area contributed by atoms with Crippen LogP contribution in [0.4, 0.5) is 0 Å². The molecule has 2 aliphatic rings. The van der Waals surface area contributed by atoms with E-state index < -0.39 is 0 Å². The van der Waals surface area contributed by atoms with Crippen molar-refractivity contribution in [1.29, 1.82) is 0 Å². The number of piperidine rings is 2. The average molecular weight is 358 g/mol. The standard InChI is InChI=1S/C21H30N2O3/c1-16(2)9-13-22-14-21(11-8-19(22)25)10-3-12-23(15-21)20(26)17-4-6-18(24)7-5-17/h4-7,16,24H,3,8-15H2,1-2H3. The predicted molar refractivity (Wildman–Crippen MR) is 101 cm³/mol. The Kier molecular flexibility index (Phi) is 5.54. The second-order valence-corrected chi connectivity index (χ2v) is 8.37. The Labute approximate surface area is 156 Å². The maximum absolute atomic E-state index is 12.9. The van der Waals surface area contributed by atoms with Crippen molar-refractivity contribution in [3.63, 3.8) is 0 Å². The van der Waals surface area contributed by atoms with Gasteiger partial charge in [0, 0.05) is 43.6 Å². The van der Waals surface area contributed by atoms with E-state index in [1.807, 2.05) is 9.80 Å². The van der Waals surface area contributed by atoms with Crippen LogP contribution in [0.1, 0.15) is 56.3 Å². The van der Waals surface area contributed by atoms with Gasteiger partial charge in [0.1, 0.15) is 5.75 Å². The van der Waals surface area contributed by atoms with Crippen molar-refractivity contribution in [3.05, 3.63) is 29.8 Å². The van der Waals surface area contributed by atoms with E-state index in [0.717, 1.165) is 51.9 Å². The molecule has 0 aromatic heterocycles. The molecule has 26 heavy (non-hydrogen) atoms. The minimum Gasteiger partial charge on any atom is -0.508 e. The zero-order valence-corrected chi connectivity index (χ0v) is 15.9. The summed E-state index contributed by atoms with van der Waals surface area (Å²) >= 11 is 0. The summed E-state index contributed by atoms with van der Waals surface area (Å²) in [6.07, 6.45) is 4.56. The van der Waals surface area contributed by atoms with Crippen LogP contribution >= 0.6 is 0 Å². The van der Waals surface area contributed by atoms with Crippen LogP contribution in [0.2, 0.25) is 0 Å². The molecule has 0 radical (unpaired) electrons. The molecule has 1 N–H and O–H groups in total. The van der Waals surface area contributed by atoms with Gasteiger partial charge in [-0.3, -0.25) is 9.59 Å². The second kappa shape index (κ2) is 7.68. The van der Waals surface area contributed by atoms with Gasteiger partial charge in [0.15, 0.2) is 0 Å². The van der Waals surface area contributed by atoms with Crippen molar-refractivity contribution < 1.29 is 14.7 Å². The summed E-state index contributed by atoms with van der Waals surface area (Å²) in [6.45, 7) is 7.45. The largest absolute Gasteiger partial charge is 0.508 e. The zero-order valence-electron chi connectivity index (χ0n) is 15.9. The SMILES string of the molecule is CC(C)CCN1CC2(CCCN(C(=O)c3ccc(O)cc3)C2)CCC1=O. The predicted octanol–water partition coefficient (Wildman–Crippen LogP) is 3.28. The lowest BCUT2D eigenvalue weighted by molar-refractivity contribution is -0.139. The fraction of sp³-hybridized carbons (Fsp3) is 0.619. The lowest BCUT2D eigenvalue weighted by Gasteiger charge is -2.48. The first-order valence-corrected chi connectivity index (χ1v) is 9.75. The molecular weight excluding hydrogens is 328 g/mol. The van der Waals surface area contributed by atoms with Gasteiger partial charge in [-0.1, -0.05) is 13.8 Å². The number of hydrogen-bond donors (Lipinski definition) is 1. The number of phenols is 1. The minimum atomic E-state index is 0.0229. The van der Waals surface area contributed by atoms with E-state index in [1.54, 1.807) is 24.3 Å². The van der Waals surface area contributed by atoms with E-state index in [9.17, 15) is 14.7 Å². The third-order valence-corrected chi connectivity index (χ3v) is 5.79. The van der Waals surface area contributed by atoms with Crippen LogP contribution in [0, 0.1) is 11.3 Å². The van der Waals surface area contributed by atoms with Gasteiger partial charge in [0.2, 0.25) is 5.91 Å². The Bertz CT molecular complexity index is 656. The fourth-order valence-electron chi connectivity index (χ4n) is 4.22. The molecule has 5 nitrogen and oxygen atoms in total. The van der Waals surface area contributed by atoms with Crippen molar-refractivity contribution in [1.82, 2.24) is 9.80 Å². The number of nitrogens with zero attached hydrogens (tertiary/aromatic N) is 2. The molecular formula is C21H30N2O3. The zero-order chi connectivity index (χ0) is 18.7. The summed E-state index contributed by atoms with van der Waals surface area (Å²) in [7, 11) is 0. The number of likely N-dealkylation sites (tertiary alicyclic amines) is 2. The topological polar surface area (TPSA) is 60.9 Å². The van der Waals surface area contributed by atoms with E-state index in [1.165, 1.54) is 0 Å². The molecule has 2 saturated heterocycles. The van der Waals surface area contributed by atoms with Crippen LogP contribution in [0.25, 0.3) is 0 Å². The molecule has 1 unspecified atom stereocenters. The summed E-state index contributed by atoms with van der Waals surface area (Å²) in [6, 6.07) is 6.47. The smallest absolute Gasteiger partial charge is 0.253 e. The molecule has 2 aliphatic heterocycles. The van der Waals surface area contributed by atoms with E-state index in [4.69, 9.17) is 0 Å². The second-order valence-electron chi connectivity index (χ2n) is 8.37. The number of rotatable bonds is 4. The molecule has 0 bridgehead atoms. The molecule has 1 aromatic rings. The summed E-state index contributed by atoms with van der Waals surface area (Å²) in [5.74, 6) is 1.04. The van der Waals surface area contributed by atoms with E-state index in [-0.39, 0.29) is 23.0 Å². The molecule has 142 valence electrons.